The maximum Gasteiger partial charge on any atom is 0.143 e. The minimum absolute atomic E-state index is 0.926. The Labute approximate surface area is 292 Å². The second-order valence-electron chi connectivity index (χ2n) is 14.0. The predicted molar refractivity (Wildman–Crippen MR) is 218 cm³/mol. The van der Waals surface area contributed by atoms with Crippen molar-refractivity contribution < 1.29 is 4.42 Å². The van der Waals surface area contributed by atoms with Gasteiger partial charge in [-0.3, -0.25) is 0 Å². The molecule has 1 nitrogen and oxygen atoms in total. The summed E-state index contributed by atoms with van der Waals surface area (Å²) in [6, 6.07) is 62.5. The Hall–Kier alpha value is -6.70. The van der Waals surface area contributed by atoms with Crippen molar-refractivity contribution in [3.63, 3.8) is 0 Å². The lowest BCUT2D eigenvalue weighted by Gasteiger charge is -2.17. The van der Waals surface area contributed by atoms with E-state index in [1.807, 2.05) is 0 Å². The number of furan rings is 1. The van der Waals surface area contributed by atoms with E-state index in [0.29, 0.717) is 0 Å². The molecule has 0 aliphatic heterocycles. The molecule has 0 atom stereocenters. The molecule has 12 rings (SSSR count). The van der Waals surface area contributed by atoms with E-state index < -0.39 is 0 Å². The molecule has 0 bridgehead atoms. The first-order valence-corrected chi connectivity index (χ1v) is 17.7. The minimum atomic E-state index is 0.926. The molecule has 51 heavy (non-hydrogen) atoms. The Bertz CT molecular complexity index is 3400. The first kappa shape index (κ1) is 27.2. The van der Waals surface area contributed by atoms with Crippen molar-refractivity contribution in [2.75, 3.05) is 0 Å². The van der Waals surface area contributed by atoms with E-state index >= 15 is 0 Å². The van der Waals surface area contributed by atoms with Crippen LogP contribution in [-0.2, 0) is 0 Å². The van der Waals surface area contributed by atoms with Gasteiger partial charge in [-0.05, 0) is 99.3 Å². The van der Waals surface area contributed by atoms with Gasteiger partial charge in [0.05, 0.1) is 0 Å². The molecule has 1 heterocycles. The highest BCUT2D eigenvalue weighted by atomic mass is 16.3. The van der Waals surface area contributed by atoms with Crippen LogP contribution in [0, 0.1) is 0 Å². The van der Waals surface area contributed by atoms with Gasteiger partial charge in [0.25, 0.3) is 0 Å². The standard InChI is InChI=1S/C50H28O/c1-4-13-35-29(8-1)18-23-41-44(35)28-34-10-3-5-14-36(34)47(41)42-27-26-40(48-43-25-19-30-9-2-6-15-37(30)49(43)51-50(42)48)38-22-20-33-17-16-31-11-7-12-32-21-24-39(38)46(33)45(31)32/h1-28H. The third-order valence-corrected chi connectivity index (χ3v) is 11.4. The molecule has 0 radical (unpaired) electrons. The van der Waals surface area contributed by atoms with Crippen LogP contribution in [0.5, 0.6) is 0 Å². The molecular formula is C50H28O. The zero-order valence-corrected chi connectivity index (χ0v) is 27.6. The highest BCUT2D eigenvalue weighted by Crippen LogP contribution is 2.49. The monoisotopic (exact) mass is 644 g/mol. The Morgan fingerprint density at radius 1 is 0.255 bits per heavy atom. The van der Waals surface area contributed by atoms with Gasteiger partial charge in [-0.1, -0.05) is 152 Å². The molecule has 0 aliphatic rings. The lowest BCUT2D eigenvalue weighted by atomic mass is 9.86. The first-order valence-electron chi connectivity index (χ1n) is 17.7. The topological polar surface area (TPSA) is 13.1 Å². The summed E-state index contributed by atoms with van der Waals surface area (Å²) in [6.45, 7) is 0. The third-order valence-electron chi connectivity index (χ3n) is 11.4. The fourth-order valence-corrected chi connectivity index (χ4v) is 9.11. The van der Waals surface area contributed by atoms with Crippen molar-refractivity contribution in [3.8, 4) is 22.3 Å². The first-order chi connectivity index (χ1) is 25.3. The van der Waals surface area contributed by atoms with Crippen LogP contribution in [0.15, 0.2) is 174 Å². The summed E-state index contributed by atoms with van der Waals surface area (Å²) in [4.78, 5) is 0. The number of rotatable bonds is 2. The average molecular weight is 645 g/mol. The highest BCUT2D eigenvalue weighted by molar-refractivity contribution is 6.30. The Kier molecular flexibility index (Phi) is 5.29. The maximum absolute atomic E-state index is 7.22. The molecule has 234 valence electrons. The van der Waals surface area contributed by atoms with Gasteiger partial charge >= 0.3 is 0 Å². The normalized spacial score (nSPS) is 12.3. The largest absolute Gasteiger partial charge is 0.455 e. The highest BCUT2D eigenvalue weighted by Gasteiger charge is 2.23. The average Bonchev–Trinajstić information content (AvgIpc) is 3.59. The van der Waals surface area contributed by atoms with Crippen molar-refractivity contribution in [1.82, 2.24) is 0 Å². The van der Waals surface area contributed by atoms with Gasteiger partial charge in [0, 0.05) is 27.3 Å². The molecule has 0 saturated carbocycles. The Morgan fingerprint density at radius 2 is 0.804 bits per heavy atom. The van der Waals surface area contributed by atoms with Crippen molar-refractivity contribution >= 4 is 97.3 Å². The molecular weight excluding hydrogens is 617 g/mol. The molecule has 1 heteroatoms. The fraction of sp³-hybridized carbons (Fsp3) is 0. The lowest BCUT2D eigenvalue weighted by molar-refractivity contribution is 0.674. The van der Waals surface area contributed by atoms with E-state index in [4.69, 9.17) is 4.42 Å². The van der Waals surface area contributed by atoms with Crippen LogP contribution in [0.25, 0.3) is 120 Å². The van der Waals surface area contributed by atoms with E-state index in [2.05, 4.69) is 170 Å². The summed E-state index contributed by atoms with van der Waals surface area (Å²) in [5, 5.41) is 19.8. The van der Waals surface area contributed by atoms with Gasteiger partial charge in [-0.2, -0.15) is 0 Å². The summed E-state index contributed by atoms with van der Waals surface area (Å²) in [6.07, 6.45) is 0. The molecule has 0 aliphatic carbocycles. The number of hydrogen-bond acceptors (Lipinski definition) is 1. The number of fused-ring (bicyclic) bond motifs is 9. The predicted octanol–water partition coefficient (Wildman–Crippen LogP) is 14.4. The van der Waals surface area contributed by atoms with Crippen LogP contribution in [0.3, 0.4) is 0 Å². The Balaban J connectivity index is 1.26. The van der Waals surface area contributed by atoms with E-state index in [1.54, 1.807) is 0 Å². The summed E-state index contributed by atoms with van der Waals surface area (Å²) in [5.41, 5.74) is 6.60. The van der Waals surface area contributed by atoms with Crippen LogP contribution < -0.4 is 0 Å². The van der Waals surface area contributed by atoms with E-state index in [1.165, 1.54) is 86.7 Å². The van der Waals surface area contributed by atoms with Crippen LogP contribution in [0.2, 0.25) is 0 Å². The summed E-state index contributed by atoms with van der Waals surface area (Å²) in [5.74, 6) is 0. The van der Waals surface area contributed by atoms with Crippen LogP contribution in [0.4, 0.5) is 0 Å². The summed E-state index contributed by atoms with van der Waals surface area (Å²) >= 11 is 0. The van der Waals surface area contributed by atoms with Crippen molar-refractivity contribution in [2.24, 2.45) is 0 Å². The van der Waals surface area contributed by atoms with E-state index in [-0.39, 0.29) is 0 Å². The van der Waals surface area contributed by atoms with Gasteiger partial charge in [-0.15, -0.1) is 0 Å². The van der Waals surface area contributed by atoms with Gasteiger partial charge in [0.15, 0.2) is 0 Å². The van der Waals surface area contributed by atoms with Crippen LogP contribution in [0.1, 0.15) is 0 Å². The molecule has 12 aromatic rings. The zero-order chi connectivity index (χ0) is 33.2. The fourth-order valence-electron chi connectivity index (χ4n) is 9.11. The summed E-state index contributed by atoms with van der Waals surface area (Å²) in [7, 11) is 0. The maximum atomic E-state index is 7.22. The smallest absolute Gasteiger partial charge is 0.143 e. The lowest BCUT2D eigenvalue weighted by Crippen LogP contribution is -1.90. The molecule has 0 unspecified atom stereocenters. The molecule has 0 amide bonds. The molecule has 11 aromatic carbocycles. The van der Waals surface area contributed by atoms with Crippen molar-refractivity contribution in [1.29, 1.82) is 0 Å². The number of benzene rings is 11. The van der Waals surface area contributed by atoms with Gasteiger partial charge in [-0.25, -0.2) is 0 Å². The molecule has 0 N–H and O–H groups in total. The van der Waals surface area contributed by atoms with Crippen LogP contribution >= 0.6 is 0 Å². The van der Waals surface area contributed by atoms with Crippen molar-refractivity contribution in [3.05, 3.63) is 170 Å². The van der Waals surface area contributed by atoms with Gasteiger partial charge < -0.3 is 4.42 Å². The van der Waals surface area contributed by atoms with Crippen molar-refractivity contribution in [2.45, 2.75) is 0 Å². The van der Waals surface area contributed by atoms with Gasteiger partial charge in [0.2, 0.25) is 0 Å². The number of hydrogen-bond donors (Lipinski definition) is 0. The van der Waals surface area contributed by atoms with E-state index in [0.717, 1.165) is 32.9 Å². The quantitative estimate of drug-likeness (QED) is 0.135. The van der Waals surface area contributed by atoms with E-state index in [9.17, 15) is 0 Å². The SMILES string of the molecule is c1ccc2c(-c3ccc(-c4ccc5ccc6cccc7ccc4c5c67)c4c3oc3c5ccccc5ccc34)c3ccc4ccccc4c3cc2c1. The molecule has 1 aromatic heterocycles. The molecule has 0 fully saturated rings. The third kappa shape index (κ3) is 3.65. The zero-order valence-electron chi connectivity index (χ0n) is 27.6. The molecule has 0 saturated heterocycles. The molecule has 0 spiro atoms. The summed E-state index contributed by atoms with van der Waals surface area (Å²) < 4.78 is 7.22. The second-order valence-corrected chi connectivity index (χ2v) is 14.0. The van der Waals surface area contributed by atoms with Crippen LogP contribution in [-0.4, -0.2) is 0 Å². The second kappa shape index (κ2) is 9.94. The van der Waals surface area contributed by atoms with Gasteiger partial charge in [0.1, 0.15) is 11.2 Å². The minimum Gasteiger partial charge on any atom is -0.455 e. The Morgan fingerprint density at radius 3 is 1.63 bits per heavy atom.